The Balaban J connectivity index is 2.24. The Labute approximate surface area is 120 Å². The van der Waals surface area contributed by atoms with Crippen LogP contribution in [0.1, 0.15) is 5.56 Å². The number of benzene rings is 2. The summed E-state index contributed by atoms with van der Waals surface area (Å²) in [6.07, 6.45) is 0. The first-order chi connectivity index (χ1) is 10.1. The van der Waals surface area contributed by atoms with Crippen LogP contribution in [0.3, 0.4) is 0 Å². The highest BCUT2D eigenvalue weighted by Crippen LogP contribution is 2.38. The number of nitrogens with zero attached hydrogens (tertiary/aromatic N) is 1. The van der Waals surface area contributed by atoms with E-state index >= 15 is 0 Å². The maximum Gasteiger partial charge on any atom is 0.179 e. The molecule has 0 saturated carbocycles. The lowest BCUT2D eigenvalue weighted by molar-refractivity contribution is 0.433. The lowest BCUT2D eigenvalue weighted by Crippen LogP contribution is -1.92. The fraction of sp³-hybridized carbons (Fsp3) is 0.0625. The van der Waals surface area contributed by atoms with Crippen LogP contribution in [0.2, 0.25) is 0 Å². The van der Waals surface area contributed by atoms with Gasteiger partial charge in [0.15, 0.2) is 11.6 Å². The summed E-state index contributed by atoms with van der Waals surface area (Å²) in [5, 5.41) is 3.68. The predicted octanol–water partition coefficient (Wildman–Crippen LogP) is 4.18. The summed E-state index contributed by atoms with van der Waals surface area (Å²) in [5.74, 6) is -0.536. The van der Waals surface area contributed by atoms with Gasteiger partial charge in [-0.2, -0.15) is 0 Å². The van der Waals surface area contributed by atoms with E-state index in [4.69, 9.17) is 10.3 Å². The van der Waals surface area contributed by atoms with E-state index in [1.165, 1.54) is 12.1 Å². The molecule has 3 rings (SSSR count). The molecule has 0 bridgehead atoms. The number of nitrogens with two attached hydrogens (primary N) is 1. The summed E-state index contributed by atoms with van der Waals surface area (Å²) in [6.45, 7) is 1.65. The van der Waals surface area contributed by atoms with E-state index in [0.29, 0.717) is 16.7 Å². The standard InChI is InChI=1S/C16H12F2N2O/c1-9-4-2-7-12(14(9)18)15-13(16(19)20-21-15)10-5-3-6-11(17)8-10/h2-8H,1H3,(H2,19,20). The molecule has 5 heteroatoms. The third-order valence-electron chi connectivity index (χ3n) is 3.27. The van der Waals surface area contributed by atoms with Crippen molar-refractivity contribution < 1.29 is 13.3 Å². The quantitative estimate of drug-likeness (QED) is 0.769. The Morgan fingerprint density at radius 3 is 2.62 bits per heavy atom. The fourth-order valence-electron chi connectivity index (χ4n) is 2.23. The van der Waals surface area contributed by atoms with Gasteiger partial charge in [-0.1, -0.05) is 29.4 Å². The molecular formula is C16H12F2N2O. The van der Waals surface area contributed by atoms with Gasteiger partial charge in [0.25, 0.3) is 0 Å². The molecule has 0 aliphatic heterocycles. The number of halogens is 2. The van der Waals surface area contributed by atoms with E-state index in [1.54, 1.807) is 37.3 Å². The number of hydrogen-bond acceptors (Lipinski definition) is 3. The molecule has 21 heavy (non-hydrogen) atoms. The Morgan fingerprint density at radius 2 is 1.86 bits per heavy atom. The Hall–Kier alpha value is -2.69. The van der Waals surface area contributed by atoms with Gasteiger partial charge in [-0.15, -0.1) is 0 Å². The van der Waals surface area contributed by atoms with Crippen molar-refractivity contribution in [1.29, 1.82) is 0 Å². The van der Waals surface area contributed by atoms with Gasteiger partial charge in [-0.05, 0) is 36.2 Å². The number of hydrogen-bond donors (Lipinski definition) is 1. The molecule has 0 fully saturated rings. The van der Waals surface area contributed by atoms with Gasteiger partial charge < -0.3 is 10.3 Å². The summed E-state index contributed by atoms with van der Waals surface area (Å²) in [4.78, 5) is 0. The van der Waals surface area contributed by atoms with Crippen molar-refractivity contribution in [2.45, 2.75) is 6.92 Å². The Morgan fingerprint density at radius 1 is 1.10 bits per heavy atom. The summed E-state index contributed by atoms with van der Waals surface area (Å²) in [7, 11) is 0. The van der Waals surface area contributed by atoms with Gasteiger partial charge in [0.05, 0.1) is 11.1 Å². The maximum absolute atomic E-state index is 14.3. The third-order valence-corrected chi connectivity index (χ3v) is 3.27. The van der Waals surface area contributed by atoms with E-state index in [2.05, 4.69) is 5.16 Å². The van der Waals surface area contributed by atoms with Crippen LogP contribution in [0.25, 0.3) is 22.5 Å². The molecule has 1 heterocycles. The molecule has 0 unspecified atom stereocenters. The van der Waals surface area contributed by atoms with Gasteiger partial charge in [-0.25, -0.2) is 8.78 Å². The Kier molecular flexibility index (Phi) is 3.17. The molecule has 0 radical (unpaired) electrons. The van der Waals surface area contributed by atoms with Crippen molar-refractivity contribution in [2.75, 3.05) is 5.73 Å². The highest BCUT2D eigenvalue weighted by Gasteiger charge is 2.21. The molecule has 0 atom stereocenters. The predicted molar refractivity (Wildman–Crippen MR) is 76.4 cm³/mol. The minimum absolute atomic E-state index is 0.0940. The van der Waals surface area contributed by atoms with E-state index in [9.17, 15) is 8.78 Å². The van der Waals surface area contributed by atoms with E-state index in [1.807, 2.05) is 0 Å². The molecule has 0 aliphatic carbocycles. The summed E-state index contributed by atoms with van der Waals surface area (Å²) >= 11 is 0. The van der Waals surface area contributed by atoms with Crippen LogP contribution in [-0.2, 0) is 0 Å². The smallest absolute Gasteiger partial charge is 0.179 e. The second-order valence-electron chi connectivity index (χ2n) is 4.72. The maximum atomic E-state index is 14.3. The van der Waals surface area contributed by atoms with Gasteiger partial charge >= 0.3 is 0 Å². The number of anilines is 1. The first-order valence-corrected chi connectivity index (χ1v) is 6.34. The largest absolute Gasteiger partial charge is 0.380 e. The van der Waals surface area contributed by atoms with Crippen molar-refractivity contribution >= 4 is 5.82 Å². The molecular weight excluding hydrogens is 274 g/mol. The Bertz CT molecular complexity index is 812. The van der Waals surface area contributed by atoms with E-state index < -0.39 is 11.6 Å². The van der Waals surface area contributed by atoms with E-state index in [-0.39, 0.29) is 17.1 Å². The molecule has 3 aromatic rings. The van der Waals surface area contributed by atoms with Crippen molar-refractivity contribution in [3.8, 4) is 22.5 Å². The van der Waals surface area contributed by atoms with Crippen LogP contribution in [0.5, 0.6) is 0 Å². The van der Waals surface area contributed by atoms with Crippen molar-refractivity contribution in [1.82, 2.24) is 5.16 Å². The first-order valence-electron chi connectivity index (χ1n) is 6.34. The average molecular weight is 286 g/mol. The highest BCUT2D eigenvalue weighted by molar-refractivity contribution is 5.86. The van der Waals surface area contributed by atoms with Crippen LogP contribution >= 0.6 is 0 Å². The lowest BCUT2D eigenvalue weighted by atomic mass is 10.00. The van der Waals surface area contributed by atoms with Gasteiger partial charge in [-0.3, -0.25) is 0 Å². The fourth-order valence-corrected chi connectivity index (χ4v) is 2.23. The van der Waals surface area contributed by atoms with Crippen LogP contribution in [-0.4, -0.2) is 5.16 Å². The lowest BCUT2D eigenvalue weighted by Gasteiger charge is -2.05. The molecule has 0 spiro atoms. The van der Waals surface area contributed by atoms with Crippen LogP contribution in [0.4, 0.5) is 14.6 Å². The minimum atomic E-state index is -0.413. The normalized spacial score (nSPS) is 10.8. The second kappa shape index (κ2) is 5.01. The summed E-state index contributed by atoms with van der Waals surface area (Å²) in [6, 6.07) is 10.8. The van der Waals surface area contributed by atoms with Crippen molar-refractivity contribution in [3.05, 3.63) is 59.7 Å². The SMILES string of the molecule is Cc1cccc(-c2onc(N)c2-c2cccc(F)c2)c1F. The molecule has 0 aliphatic rings. The number of nitrogen functional groups attached to an aromatic ring is 1. The highest BCUT2D eigenvalue weighted by atomic mass is 19.1. The number of aromatic nitrogens is 1. The molecule has 0 amide bonds. The van der Waals surface area contributed by atoms with Gasteiger partial charge in [0, 0.05) is 0 Å². The van der Waals surface area contributed by atoms with Crippen molar-refractivity contribution in [2.24, 2.45) is 0 Å². The number of aryl methyl sites for hydroxylation is 1. The molecule has 1 aromatic heterocycles. The molecule has 106 valence electrons. The van der Waals surface area contributed by atoms with Gasteiger partial charge in [0.2, 0.25) is 0 Å². The summed E-state index contributed by atoms with van der Waals surface area (Å²) in [5.41, 5.74) is 7.41. The first kappa shape index (κ1) is 13.3. The summed E-state index contributed by atoms with van der Waals surface area (Å²) < 4.78 is 32.8. The van der Waals surface area contributed by atoms with Gasteiger partial charge in [0.1, 0.15) is 11.6 Å². The zero-order valence-corrected chi connectivity index (χ0v) is 11.2. The monoisotopic (exact) mass is 286 g/mol. The molecule has 0 saturated heterocycles. The minimum Gasteiger partial charge on any atom is -0.380 e. The van der Waals surface area contributed by atoms with Crippen molar-refractivity contribution in [3.63, 3.8) is 0 Å². The third kappa shape index (κ3) is 2.27. The average Bonchev–Trinajstić information content (AvgIpc) is 2.83. The molecule has 2 aromatic carbocycles. The zero-order chi connectivity index (χ0) is 15.0. The number of rotatable bonds is 2. The van der Waals surface area contributed by atoms with Crippen LogP contribution in [0.15, 0.2) is 47.0 Å². The van der Waals surface area contributed by atoms with E-state index in [0.717, 1.165) is 0 Å². The molecule has 2 N–H and O–H groups in total. The zero-order valence-electron chi connectivity index (χ0n) is 11.2. The van der Waals surface area contributed by atoms with Crippen LogP contribution < -0.4 is 5.73 Å². The molecule has 3 nitrogen and oxygen atoms in total. The topological polar surface area (TPSA) is 52.0 Å². The van der Waals surface area contributed by atoms with Crippen LogP contribution in [0, 0.1) is 18.6 Å². The second-order valence-corrected chi connectivity index (χ2v) is 4.72.